The SMILES string of the molecule is c1cnc2ccc(-c3nc(N4CCOCC4)n[nH]3)cc2c1. The standard InChI is InChI=1S/C15H15N5O/c1-2-11-10-12(3-4-13(11)16-5-1)14-17-15(19-18-14)20-6-8-21-9-7-20/h1-5,10H,6-9H2,(H,17,18,19). The number of fused-ring (bicyclic) bond motifs is 1. The van der Waals surface area contributed by atoms with E-state index in [-0.39, 0.29) is 0 Å². The van der Waals surface area contributed by atoms with Gasteiger partial charge in [0.2, 0.25) is 5.95 Å². The van der Waals surface area contributed by atoms with E-state index in [0.717, 1.165) is 54.5 Å². The van der Waals surface area contributed by atoms with Crippen molar-refractivity contribution in [3.8, 4) is 11.4 Å². The van der Waals surface area contributed by atoms with Crippen molar-refractivity contribution in [1.29, 1.82) is 0 Å². The number of hydrogen-bond donors (Lipinski definition) is 1. The molecule has 21 heavy (non-hydrogen) atoms. The van der Waals surface area contributed by atoms with Crippen LogP contribution in [0.15, 0.2) is 36.5 Å². The smallest absolute Gasteiger partial charge is 0.245 e. The van der Waals surface area contributed by atoms with Gasteiger partial charge in [-0.05, 0) is 24.3 Å². The van der Waals surface area contributed by atoms with Gasteiger partial charge in [-0.1, -0.05) is 6.07 Å². The Kier molecular flexibility index (Phi) is 3.01. The molecule has 0 amide bonds. The molecule has 6 heteroatoms. The lowest BCUT2D eigenvalue weighted by atomic mass is 10.1. The number of benzene rings is 1. The lowest BCUT2D eigenvalue weighted by Gasteiger charge is -2.25. The first-order valence-electron chi connectivity index (χ1n) is 7.00. The normalized spacial score (nSPS) is 15.5. The van der Waals surface area contributed by atoms with E-state index in [4.69, 9.17) is 4.74 Å². The van der Waals surface area contributed by atoms with E-state index in [9.17, 15) is 0 Å². The first-order valence-corrected chi connectivity index (χ1v) is 7.00. The molecule has 3 heterocycles. The molecule has 2 aromatic heterocycles. The van der Waals surface area contributed by atoms with Crippen molar-refractivity contribution in [2.75, 3.05) is 31.2 Å². The summed E-state index contributed by atoms with van der Waals surface area (Å²) in [5, 5.41) is 8.43. The minimum Gasteiger partial charge on any atom is -0.378 e. The molecule has 1 N–H and O–H groups in total. The van der Waals surface area contributed by atoms with Gasteiger partial charge in [0.15, 0.2) is 5.82 Å². The molecule has 6 nitrogen and oxygen atoms in total. The molecule has 0 unspecified atom stereocenters. The fourth-order valence-corrected chi connectivity index (χ4v) is 2.51. The molecule has 1 saturated heterocycles. The van der Waals surface area contributed by atoms with E-state index in [1.54, 1.807) is 6.20 Å². The number of ether oxygens (including phenoxy) is 1. The van der Waals surface area contributed by atoms with Crippen molar-refractivity contribution < 1.29 is 4.74 Å². The maximum absolute atomic E-state index is 5.35. The monoisotopic (exact) mass is 281 g/mol. The Morgan fingerprint density at radius 1 is 1.14 bits per heavy atom. The molecule has 3 aromatic rings. The van der Waals surface area contributed by atoms with Gasteiger partial charge in [0.05, 0.1) is 18.7 Å². The van der Waals surface area contributed by atoms with Gasteiger partial charge in [0, 0.05) is 30.2 Å². The zero-order valence-corrected chi connectivity index (χ0v) is 11.5. The second kappa shape index (κ2) is 5.14. The quantitative estimate of drug-likeness (QED) is 0.776. The first kappa shape index (κ1) is 12.3. The summed E-state index contributed by atoms with van der Waals surface area (Å²) in [6.07, 6.45) is 1.80. The molecular formula is C15H15N5O. The number of anilines is 1. The molecule has 0 saturated carbocycles. The third kappa shape index (κ3) is 2.34. The Morgan fingerprint density at radius 2 is 2.05 bits per heavy atom. The topological polar surface area (TPSA) is 66.9 Å². The van der Waals surface area contributed by atoms with Gasteiger partial charge in [-0.25, -0.2) is 0 Å². The fraction of sp³-hybridized carbons (Fsp3) is 0.267. The molecule has 1 aliphatic heterocycles. The number of morpholine rings is 1. The van der Waals surface area contributed by atoms with Crippen LogP contribution < -0.4 is 4.90 Å². The van der Waals surface area contributed by atoms with E-state index in [1.807, 2.05) is 24.3 Å². The average molecular weight is 281 g/mol. The van der Waals surface area contributed by atoms with Gasteiger partial charge in [-0.15, -0.1) is 5.10 Å². The molecule has 0 aliphatic carbocycles. The van der Waals surface area contributed by atoms with Crippen LogP contribution in [0.2, 0.25) is 0 Å². The van der Waals surface area contributed by atoms with Gasteiger partial charge in [-0.2, -0.15) is 4.98 Å². The van der Waals surface area contributed by atoms with Crippen molar-refractivity contribution in [2.45, 2.75) is 0 Å². The van der Waals surface area contributed by atoms with Crippen LogP contribution in [0.4, 0.5) is 5.95 Å². The molecule has 0 atom stereocenters. The molecule has 1 aliphatic rings. The summed E-state index contributed by atoms with van der Waals surface area (Å²) in [5.74, 6) is 1.52. The van der Waals surface area contributed by atoms with E-state index < -0.39 is 0 Å². The Bertz CT molecular complexity index is 763. The van der Waals surface area contributed by atoms with Crippen LogP contribution >= 0.6 is 0 Å². The minimum absolute atomic E-state index is 0.728. The van der Waals surface area contributed by atoms with Crippen molar-refractivity contribution in [3.05, 3.63) is 36.5 Å². The highest BCUT2D eigenvalue weighted by Gasteiger charge is 2.16. The highest BCUT2D eigenvalue weighted by atomic mass is 16.5. The molecule has 1 fully saturated rings. The van der Waals surface area contributed by atoms with Gasteiger partial charge >= 0.3 is 0 Å². The summed E-state index contributed by atoms with van der Waals surface area (Å²) in [5.41, 5.74) is 2.00. The van der Waals surface area contributed by atoms with Crippen LogP contribution in [0.5, 0.6) is 0 Å². The van der Waals surface area contributed by atoms with Gasteiger partial charge in [-0.3, -0.25) is 10.1 Å². The highest BCUT2D eigenvalue weighted by Crippen LogP contribution is 2.22. The largest absolute Gasteiger partial charge is 0.378 e. The number of aromatic nitrogens is 4. The number of rotatable bonds is 2. The number of nitrogens with zero attached hydrogens (tertiary/aromatic N) is 4. The van der Waals surface area contributed by atoms with Crippen LogP contribution in [0.25, 0.3) is 22.3 Å². The predicted molar refractivity (Wildman–Crippen MR) is 80.2 cm³/mol. The highest BCUT2D eigenvalue weighted by molar-refractivity contribution is 5.83. The third-order valence-corrected chi connectivity index (χ3v) is 3.64. The number of H-pyrrole nitrogens is 1. The van der Waals surface area contributed by atoms with E-state index >= 15 is 0 Å². The molecular weight excluding hydrogens is 266 g/mol. The zero-order chi connectivity index (χ0) is 14.1. The van der Waals surface area contributed by atoms with Crippen LogP contribution in [0.1, 0.15) is 0 Å². The summed E-state index contributed by atoms with van der Waals surface area (Å²) in [6.45, 7) is 3.12. The van der Waals surface area contributed by atoms with Crippen molar-refractivity contribution in [3.63, 3.8) is 0 Å². The number of aromatic amines is 1. The summed E-state index contributed by atoms with van der Waals surface area (Å²) < 4.78 is 5.35. The van der Waals surface area contributed by atoms with Crippen molar-refractivity contribution in [2.24, 2.45) is 0 Å². The fourth-order valence-electron chi connectivity index (χ4n) is 2.51. The zero-order valence-electron chi connectivity index (χ0n) is 11.5. The first-order chi connectivity index (χ1) is 10.4. The van der Waals surface area contributed by atoms with E-state index in [1.165, 1.54) is 0 Å². The van der Waals surface area contributed by atoms with Gasteiger partial charge < -0.3 is 9.64 Å². The average Bonchev–Trinajstić information content (AvgIpc) is 3.05. The number of pyridine rings is 1. The molecule has 106 valence electrons. The Labute approximate surface area is 121 Å². The lowest BCUT2D eigenvalue weighted by Crippen LogP contribution is -2.36. The lowest BCUT2D eigenvalue weighted by molar-refractivity contribution is 0.122. The molecule has 0 spiro atoms. The Hall–Kier alpha value is -2.47. The van der Waals surface area contributed by atoms with Crippen LogP contribution in [0.3, 0.4) is 0 Å². The van der Waals surface area contributed by atoms with E-state index in [2.05, 4.69) is 31.1 Å². The predicted octanol–water partition coefficient (Wildman–Crippen LogP) is 1.86. The maximum atomic E-state index is 5.35. The number of nitrogens with one attached hydrogen (secondary N) is 1. The van der Waals surface area contributed by atoms with Gasteiger partial charge in [0.1, 0.15) is 0 Å². The second-order valence-electron chi connectivity index (χ2n) is 4.99. The minimum atomic E-state index is 0.728. The molecule has 1 aromatic carbocycles. The summed E-state index contributed by atoms with van der Waals surface area (Å²) >= 11 is 0. The second-order valence-corrected chi connectivity index (χ2v) is 4.99. The molecule has 0 bridgehead atoms. The maximum Gasteiger partial charge on any atom is 0.245 e. The van der Waals surface area contributed by atoms with Gasteiger partial charge in [0.25, 0.3) is 0 Å². The summed E-state index contributed by atoms with van der Waals surface area (Å²) in [4.78, 5) is 11.1. The Balaban J connectivity index is 1.67. The van der Waals surface area contributed by atoms with Crippen LogP contribution in [-0.2, 0) is 4.74 Å². The van der Waals surface area contributed by atoms with Crippen LogP contribution in [0, 0.1) is 0 Å². The van der Waals surface area contributed by atoms with Crippen LogP contribution in [-0.4, -0.2) is 46.5 Å². The van der Waals surface area contributed by atoms with Crippen molar-refractivity contribution >= 4 is 16.9 Å². The van der Waals surface area contributed by atoms with E-state index in [0.29, 0.717) is 0 Å². The Morgan fingerprint density at radius 3 is 2.95 bits per heavy atom. The number of hydrogen-bond acceptors (Lipinski definition) is 5. The summed E-state index contributed by atoms with van der Waals surface area (Å²) in [6, 6.07) is 10.1. The molecule has 4 rings (SSSR count). The summed E-state index contributed by atoms with van der Waals surface area (Å²) in [7, 11) is 0. The third-order valence-electron chi connectivity index (χ3n) is 3.64. The molecule has 0 radical (unpaired) electrons. The van der Waals surface area contributed by atoms with Crippen molar-refractivity contribution in [1.82, 2.24) is 20.2 Å².